The van der Waals surface area contributed by atoms with Gasteiger partial charge in [0.25, 0.3) is 26.1 Å². The van der Waals surface area contributed by atoms with E-state index in [0.29, 0.717) is 33.8 Å². The molecule has 0 saturated carbocycles. The molecule has 1 aromatic heterocycles. The first-order chi connectivity index (χ1) is 25.1. The van der Waals surface area contributed by atoms with Crippen LogP contribution in [-0.4, -0.2) is 88.1 Å². The summed E-state index contributed by atoms with van der Waals surface area (Å²) in [7, 11) is -10.0. The highest BCUT2D eigenvalue weighted by molar-refractivity contribution is 7.94. The smallest absolute Gasteiger partial charge is 0.359 e. The van der Waals surface area contributed by atoms with Gasteiger partial charge in [-0.1, -0.05) is 16.2 Å². The van der Waals surface area contributed by atoms with Crippen molar-refractivity contribution < 1.29 is 84.2 Å². The summed E-state index contributed by atoms with van der Waals surface area (Å²) >= 11 is 0.743. The topological polar surface area (TPSA) is 309 Å². The summed E-state index contributed by atoms with van der Waals surface area (Å²) in [4.78, 5) is 37.9. The zero-order chi connectivity index (χ0) is 39.1. The molecule has 0 bridgehead atoms. The summed E-state index contributed by atoms with van der Waals surface area (Å²) in [5.41, 5.74) is -3.31. The van der Waals surface area contributed by atoms with Crippen molar-refractivity contribution in [1.82, 2.24) is 9.78 Å². The minimum atomic E-state index is -5.02. The lowest BCUT2D eigenvalue weighted by Crippen LogP contribution is -2.24. The summed E-state index contributed by atoms with van der Waals surface area (Å²) in [5, 5.41) is 43.6. The minimum Gasteiger partial charge on any atom is -0.493 e. The fraction of sp³-hybridized carbons (Fsp3) is 0.148. The van der Waals surface area contributed by atoms with Crippen molar-refractivity contribution in [3.8, 4) is 11.6 Å². The highest BCUT2D eigenvalue weighted by Crippen LogP contribution is 2.36. The summed E-state index contributed by atoms with van der Waals surface area (Å²) < 4.78 is 87.7. The first kappa shape index (κ1) is 41.1. The van der Waals surface area contributed by atoms with Crippen LogP contribution in [0.5, 0.6) is 5.88 Å². The van der Waals surface area contributed by atoms with Crippen LogP contribution in [0.25, 0.3) is 11.8 Å². The van der Waals surface area contributed by atoms with Crippen molar-refractivity contribution in [3.05, 3.63) is 65.4 Å². The number of hydrogen-bond acceptors (Lipinski definition) is 20. The van der Waals surface area contributed by atoms with Crippen molar-refractivity contribution in [3.63, 3.8) is 0 Å². The molecule has 1 aliphatic heterocycles. The molecule has 0 radical (unpaired) electrons. The van der Waals surface area contributed by atoms with E-state index in [1.807, 2.05) is 0 Å². The van der Waals surface area contributed by atoms with E-state index in [2.05, 4.69) is 28.9 Å². The van der Waals surface area contributed by atoms with Crippen molar-refractivity contribution in [2.24, 2.45) is 5.10 Å². The van der Waals surface area contributed by atoms with E-state index in [1.165, 1.54) is 13.8 Å². The molecule has 0 unspecified atom stereocenters. The van der Waals surface area contributed by atoms with E-state index in [0.717, 1.165) is 54.6 Å². The standard InChI is InChI=1S/C27H24N4O18S4/c1-3-44-26(34)22-16(24(32)30(28-22)18-12-14(50-48-46-36)8-10-20(18)52(38,39)40)6-5-7-17-23(27(35)45-4-2)29-31(25(17)33)19-13-15(51-49-47-37)9-11-21(19)53(41,42)43/h5-13,32,36-37H,3-4H2,1-2H3,(H,38,39,40)(H,41,42,43)/b6-5?,17-7-. The number of rotatable bonds is 16. The molecule has 0 spiro atoms. The van der Waals surface area contributed by atoms with Gasteiger partial charge in [0.15, 0.2) is 11.4 Å². The number of hydrazone groups is 1. The molecule has 26 heteroatoms. The van der Waals surface area contributed by atoms with Gasteiger partial charge in [-0.3, -0.25) is 13.9 Å². The second kappa shape index (κ2) is 17.4. The molecule has 3 aromatic rings. The van der Waals surface area contributed by atoms with Crippen LogP contribution in [0.1, 0.15) is 29.9 Å². The number of aromatic hydroxyl groups is 1. The summed E-state index contributed by atoms with van der Waals surface area (Å²) in [5.74, 6) is -4.31. The van der Waals surface area contributed by atoms with Crippen molar-refractivity contribution in [1.29, 1.82) is 0 Å². The molecule has 4 rings (SSSR count). The molecule has 2 heterocycles. The van der Waals surface area contributed by atoms with Crippen LogP contribution in [-0.2, 0) is 58.0 Å². The predicted molar refractivity (Wildman–Crippen MR) is 177 cm³/mol. The molecule has 5 N–H and O–H groups in total. The molecule has 53 heavy (non-hydrogen) atoms. The number of benzene rings is 2. The predicted octanol–water partition coefficient (Wildman–Crippen LogP) is 3.01. The van der Waals surface area contributed by atoms with Crippen LogP contribution in [0, 0.1) is 0 Å². The van der Waals surface area contributed by atoms with Crippen LogP contribution in [0.2, 0.25) is 0 Å². The third kappa shape index (κ3) is 9.45. The molecular weight excluding hydrogens is 797 g/mol. The first-order valence-corrected chi connectivity index (χ1v) is 18.4. The van der Waals surface area contributed by atoms with Crippen LogP contribution in [0.15, 0.2) is 78.8 Å². The number of amides is 1. The molecule has 1 amide bonds. The average Bonchev–Trinajstić information content (AvgIpc) is 3.61. The van der Waals surface area contributed by atoms with Gasteiger partial charge in [0.2, 0.25) is 5.88 Å². The third-order valence-electron chi connectivity index (χ3n) is 6.43. The van der Waals surface area contributed by atoms with Gasteiger partial charge in [0, 0.05) is 9.79 Å². The Hall–Kier alpha value is -4.71. The van der Waals surface area contributed by atoms with Crippen LogP contribution < -0.4 is 5.01 Å². The fourth-order valence-corrected chi connectivity index (χ4v) is 6.47. The first-order valence-electron chi connectivity index (χ1n) is 14.1. The molecule has 284 valence electrons. The second-order valence-electron chi connectivity index (χ2n) is 9.60. The zero-order valence-electron chi connectivity index (χ0n) is 26.6. The van der Waals surface area contributed by atoms with Gasteiger partial charge < -0.3 is 14.6 Å². The molecule has 0 atom stereocenters. The summed E-state index contributed by atoms with van der Waals surface area (Å²) in [6, 6.07) is 6.02. The fourth-order valence-electron chi connectivity index (χ4n) is 4.39. The molecule has 0 fully saturated rings. The van der Waals surface area contributed by atoms with Gasteiger partial charge in [-0.25, -0.2) is 20.1 Å². The average molecular weight is 821 g/mol. The van der Waals surface area contributed by atoms with E-state index in [1.54, 1.807) is 0 Å². The second-order valence-corrected chi connectivity index (χ2v) is 13.9. The van der Waals surface area contributed by atoms with Gasteiger partial charge in [-0.05, 0) is 62.4 Å². The zero-order valence-corrected chi connectivity index (χ0v) is 29.8. The Morgan fingerprint density at radius 2 is 1.38 bits per heavy atom. The molecule has 22 nitrogen and oxygen atoms in total. The quantitative estimate of drug-likeness (QED) is 0.0346. The maximum Gasteiger partial charge on any atom is 0.359 e. The molecule has 0 aliphatic carbocycles. The molecule has 2 aromatic carbocycles. The highest BCUT2D eigenvalue weighted by atomic mass is 32.2. The van der Waals surface area contributed by atoms with Gasteiger partial charge >= 0.3 is 11.9 Å². The maximum absolute atomic E-state index is 13.7. The normalized spacial score (nSPS) is 14.3. The number of anilines is 1. The largest absolute Gasteiger partial charge is 0.493 e. The van der Waals surface area contributed by atoms with Gasteiger partial charge in [-0.15, -0.1) is 8.67 Å². The number of esters is 2. The number of carbonyl (C=O) groups is 3. The molecular formula is C27H24N4O18S4. The lowest BCUT2D eigenvalue weighted by Gasteiger charge is -2.15. The van der Waals surface area contributed by atoms with Gasteiger partial charge in [0.1, 0.15) is 9.79 Å². The van der Waals surface area contributed by atoms with Gasteiger partial charge in [-0.2, -0.15) is 36.7 Å². The Bertz CT molecular complexity index is 2230. The maximum atomic E-state index is 13.7. The summed E-state index contributed by atoms with van der Waals surface area (Å²) in [6.07, 6.45) is 2.99. The molecule has 0 saturated heterocycles. The monoisotopic (exact) mass is 820 g/mol. The SMILES string of the molecule is CCOC(=O)C1=NN(c2cc(SOOO)ccc2S(=O)(=O)O)C(=O)/C1=C\C=Cc1c(C(=O)OCC)nn(-c2cc(SOOO)ccc2S(=O)(=O)O)c1O. The lowest BCUT2D eigenvalue weighted by molar-refractivity contribution is -0.432. The molecule has 1 aliphatic rings. The number of hydrogen-bond donors (Lipinski definition) is 5. The van der Waals surface area contributed by atoms with Crippen molar-refractivity contribution in [2.45, 2.75) is 33.4 Å². The van der Waals surface area contributed by atoms with E-state index in [9.17, 15) is 45.4 Å². The minimum absolute atomic E-state index is 0.0222. The lowest BCUT2D eigenvalue weighted by atomic mass is 10.1. The Labute approximate surface area is 306 Å². The number of carbonyl (C=O) groups excluding carboxylic acids is 3. The van der Waals surface area contributed by atoms with E-state index in [4.69, 9.17) is 20.0 Å². The highest BCUT2D eigenvalue weighted by Gasteiger charge is 2.38. The Morgan fingerprint density at radius 3 is 1.91 bits per heavy atom. The Balaban J connectivity index is 1.87. The van der Waals surface area contributed by atoms with Crippen molar-refractivity contribution in [2.75, 3.05) is 18.2 Å². The van der Waals surface area contributed by atoms with Gasteiger partial charge in [0.05, 0.1) is 59.8 Å². The van der Waals surface area contributed by atoms with E-state index >= 15 is 0 Å². The summed E-state index contributed by atoms with van der Waals surface area (Å²) in [6.45, 7) is 2.55. The van der Waals surface area contributed by atoms with E-state index in [-0.39, 0.29) is 23.0 Å². The Kier molecular flexibility index (Phi) is 13.5. The number of allylic oxidation sites excluding steroid dienone is 2. The number of nitrogens with zero attached hydrogens (tertiary/aromatic N) is 4. The van der Waals surface area contributed by atoms with Crippen LogP contribution in [0.4, 0.5) is 5.69 Å². The number of aromatic nitrogens is 2. The Morgan fingerprint density at radius 1 is 0.849 bits per heavy atom. The van der Waals surface area contributed by atoms with Crippen molar-refractivity contribution >= 4 is 79.6 Å². The van der Waals surface area contributed by atoms with Crippen LogP contribution in [0.3, 0.4) is 0 Å². The van der Waals surface area contributed by atoms with Crippen LogP contribution >= 0.6 is 24.1 Å². The number of ether oxygens (including phenoxy) is 2. The van der Waals surface area contributed by atoms with E-state index < -0.39 is 87.7 Å². The third-order valence-corrected chi connectivity index (χ3v) is 9.38.